The van der Waals surface area contributed by atoms with Gasteiger partial charge in [0.2, 0.25) is 11.8 Å². The molecule has 0 aromatic carbocycles. The molecule has 0 aliphatic heterocycles. The Labute approximate surface area is 128 Å². The van der Waals surface area contributed by atoms with E-state index in [2.05, 4.69) is 22.5 Å². The van der Waals surface area contributed by atoms with Crippen molar-refractivity contribution in [1.82, 2.24) is 15.6 Å². The lowest BCUT2D eigenvalue weighted by Gasteiger charge is -2.05. The Morgan fingerprint density at radius 1 is 1.38 bits per heavy atom. The van der Waals surface area contributed by atoms with Gasteiger partial charge in [-0.05, 0) is 31.3 Å². The molecular weight excluding hydrogens is 286 g/mol. The summed E-state index contributed by atoms with van der Waals surface area (Å²) in [5, 5.41) is 8.10. The number of nitrogens with zero attached hydrogens (tertiary/aromatic N) is 1. The van der Waals surface area contributed by atoms with Crippen LogP contribution in [0.4, 0.5) is 0 Å². The Morgan fingerprint density at radius 3 is 2.95 bits per heavy atom. The van der Waals surface area contributed by atoms with Gasteiger partial charge in [-0.2, -0.15) is 0 Å². The molecule has 0 unspecified atom stereocenters. The minimum atomic E-state index is -0.0255. The highest BCUT2D eigenvalue weighted by molar-refractivity contribution is 7.13. The number of aromatic nitrogens is 1. The molecule has 2 heterocycles. The predicted molar refractivity (Wildman–Crippen MR) is 84.4 cm³/mol. The lowest BCUT2D eigenvalue weighted by molar-refractivity contribution is -0.120. The van der Waals surface area contributed by atoms with Crippen molar-refractivity contribution in [3.8, 4) is 10.8 Å². The number of rotatable bonds is 8. The quantitative estimate of drug-likeness (QED) is 0.735. The molecule has 0 saturated heterocycles. The molecule has 0 fully saturated rings. The van der Waals surface area contributed by atoms with E-state index in [9.17, 15) is 4.79 Å². The number of nitrogens with one attached hydrogen (secondary N) is 2. The molecule has 0 radical (unpaired) electrons. The lowest BCUT2D eigenvalue weighted by atomic mass is 10.2. The molecule has 114 valence electrons. The highest BCUT2D eigenvalue weighted by Crippen LogP contribution is 2.25. The van der Waals surface area contributed by atoms with Crippen LogP contribution >= 0.6 is 11.3 Å². The third-order valence-corrected chi connectivity index (χ3v) is 3.86. The Balaban J connectivity index is 1.84. The molecule has 2 aromatic rings. The van der Waals surface area contributed by atoms with Gasteiger partial charge in [0, 0.05) is 13.1 Å². The summed E-state index contributed by atoms with van der Waals surface area (Å²) in [5.74, 6) is 1.27. The van der Waals surface area contributed by atoms with E-state index < -0.39 is 0 Å². The van der Waals surface area contributed by atoms with Crippen LogP contribution in [0.1, 0.15) is 24.8 Å². The second kappa shape index (κ2) is 7.95. The van der Waals surface area contributed by atoms with E-state index in [0.29, 0.717) is 23.9 Å². The molecule has 6 heteroatoms. The Hall–Kier alpha value is -1.66. The standard InChI is InChI=1S/C15H21N3O2S/c1-3-6-16-7-8-17-14(19)10-12-11(2)20-15(18-12)13-5-4-9-21-13/h4-5,9,16H,3,6-8,10H2,1-2H3,(H,17,19). The molecule has 0 bridgehead atoms. The highest BCUT2D eigenvalue weighted by atomic mass is 32.1. The molecule has 0 saturated carbocycles. The maximum atomic E-state index is 11.9. The summed E-state index contributed by atoms with van der Waals surface area (Å²) in [6, 6.07) is 3.91. The fraction of sp³-hybridized carbons (Fsp3) is 0.467. The monoisotopic (exact) mass is 307 g/mol. The van der Waals surface area contributed by atoms with Gasteiger partial charge in [0.05, 0.1) is 17.0 Å². The number of hydrogen-bond donors (Lipinski definition) is 2. The van der Waals surface area contributed by atoms with Crippen molar-refractivity contribution in [1.29, 1.82) is 0 Å². The molecule has 0 atom stereocenters. The van der Waals surface area contributed by atoms with Crippen LogP contribution in [0, 0.1) is 6.92 Å². The van der Waals surface area contributed by atoms with E-state index in [1.165, 1.54) is 0 Å². The van der Waals surface area contributed by atoms with E-state index in [4.69, 9.17) is 4.42 Å². The molecule has 5 nitrogen and oxygen atoms in total. The first-order chi connectivity index (χ1) is 10.2. The van der Waals surface area contributed by atoms with E-state index in [-0.39, 0.29) is 12.3 Å². The van der Waals surface area contributed by atoms with Crippen LogP contribution in [0.2, 0.25) is 0 Å². The first kappa shape index (κ1) is 15.7. The third kappa shape index (κ3) is 4.68. The summed E-state index contributed by atoms with van der Waals surface area (Å²) < 4.78 is 5.62. The van der Waals surface area contributed by atoms with Gasteiger partial charge >= 0.3 is 0 Å². The van der Waals surface area contributed by atoms with Crippen molar-refractivity contribution in [2.75, 3.05) is 19.6 Å². The first-order valence-corrected chi connectivity index (χ1v) is 8.06. The average molecular weight is 307 g/mol. The molecular formula is C15H21N3O2S. The SMILES string of the molecule is CCCNCCNC(=O)Cc1nc(-c2cccs2)oc1C. The smallest absolute Gasteiger partial charge is 0.236 e. The van der Waals surface area contributed by atoms with E-state index in [0.717, 1.165) is 24.4 Å². The van der Waals surface area contributed by atoms with E-state index in [1.54, 1.807) is 11.3 Å². The Bertz CT molecular complexity index is 563. The highest BCUT2D eigenvalue weighted by Gasteiger charge is 2.14. The number of carbonyl (C=O) groups excluding carboxylic acids is 1. The van der Waals surface area contributed by atoms with Crippen LogP contribution in [-0.2, 0) is 11.2 Å². The van der Waals surface area contributed by atoms with Crippen LogP contribution in [0.5, 0.6) is 0 Å². The van der Waals surface area contributed by atoms with Gasteiger partial charge in [-0.3, -0.25) is 4.79 Å². The number of oxazole rings is 1. The van der Waals surface area contributed by atoms with E-state index in [1.807, 2.05) is 24.4 Å². The number of hydrogen-bond acceptors (Lipinski definition) is 5. The fourth-order valence-electron chi connectivity index (χ4n) is 1.90. The van der Waals surface area contributed by atoms with Gasteiger partial charge in [0.15, 0.2) is 0 Å². The summed E-state index contributed by atoms with van der Waals surface area (Å²) in [5.41, 5.74) is 0.706. The molecule has 21 heavy (non-hydrogen) atoms. The predicted octanol–water partition coefficient (Wildman–Crippen LogP) is 2.37. The maximum absolute atomic E-state index is 11.9. The lowest BCUT2D eigenvalue weighted by Crippen LogP contribution is -2.33. The van der Waals surface area contributed by atoms with Crippen molar-refractivity contribution in [3.05, 3.63) is 29.0 Å². The van der Waals surface area contributed by atoms with Crippen LogP contribution in [0.3, 0.4) is 0 Å². The minimum absolute atomic E-state index is 0.0255. The second-order valence-electron chi connectivity index (χ2n) is 4.78. The molecule has 2 rings (SSSR count). The largest absolute Gasteiger partial charge is 0.440 e. The van der Waals surface area contributed by atoms with Crippen LogP contribution in [-0.4, -0.2) is 30.5 Å². The van der Waals surface area contributed by atoms with Gasteiger partial charge in [0.1, 0.15) is 5.76 Å². The van der Waals surface area contributed by atoms with Gasteiger partial charge in [-0.1, -0.05) is 13.0 Å². The van der Waals surface area contributed by atoms with Crippen molar-refractivity contribution in [2.24, 2.45) is 0 Å². The topological polar surface area (TPSA) is 67.2 Å². The summed E-state index contributed by atoms with van der Waals surface area (Å²) >= 11 is 1.57. The van der Waals surface area contributed by atoms with Crippen LogP contribution in [0.25, 0.3) is 10.8 Å². The Kier molecular flexibility index (Phi) is 5.95. The van der Waals surface area contributed by atoms with Gasteiger partial charge in [-0.15, -0.1) is 11.3 Å². The fourth-order valence-corrected chi connectivity index (χ4v) is 2.55. The van der Waals surface area contributed by atoms with Crippen molar-refractivity contribution in [3.63, 3.8) is 0 Å². The number of amides is 1. The molecule has 2 aromatic heterocycles. The molecule has 1 amide bonds. The first-order valence-electron chi connectivity index (χ1n) is 7.18. The Morgan fingerprint density at radius 2 is 2.24 bits per heavy atom. The zero-order valence-corrected chi connectivity index (χ0v) is 13.3. The van der Waals surface area contributed by atoms with Crippen molar-refractivity contribution < 1.29 is 9.21 Å². The number of aryl methyl sites for hydroxylation is 1. The zero-order chi connectivity index (χ0) is 15.1. The van der Waals surface area contributed by atoms with Gasteiger partial charge in [-0.25, -0.2) is 4.98 Å². The summed E-state index contributed by atoms with van der Waals surface area (Å²) in [4.78, 5) is 17.3. The van der Waals surface area contributed by atoms with Gasteiger partial charge < -0.3 is 15.1 Å². The van der Waals surface area contributed by atoms with Crippen LogP contribution < -0.4 is 10.6 Å². The zero-order valence-electron chi connectivity index (χ0n) is 12.4. The molecule has 0 spiro atoms. The second-order valence-corrected chi connectivity index (χ2v) is 5.72. The van der Waals surface area contributed by atoms with E-state index >= 15 is 0 Å². The molecule has 0 aliphatic carbocycles. The maximum Gasteiger partial charge on any atom is 0.236 e. The number of carbonyl (C=O) groups is 1. The van der Waals surface area contributed by atoms with Crippen molar-refractivity contribution >= 4 is 17.2 Å². The van der Waals surface area contributed by atoms with Crippen LogP contribution in [0.15, 0.2) is 21.9 Å². The molecule has 2 N–H and O–H groups in total. The third-order valence-electron chi connectivity index (χ3n) is 3.00. The molecule has 0 aliphatic rings. The summed E-state index contributed by atoms with van der Waals surface area (Å²) in [6.45, 7) is 6.35. The normalized spacial score (nSPS) is 10.8. The summed E-state index contributed by atoms with van der Waals surface area (Å²) in [6.07, 6.45) is 1.35. The van der Waals surface area contributed by atoms with Crippen molar-refractivity contribution in [2.45, 2.75) is 26.7 Å². The number of thiophene rings is 1. The van der Waals surface area contributed by atoms with Gasteiger partial charge in [0.25, 0.3) is 0 Å². The summed E-state index contributed by atoms with van der Waals surface area (Å²) in [7, 11) is 0. The average Bonchev–Trinajstić information content (AvgIpc) is 3.09. The minimum Gasteiger partial charge on any atom is -0.440 e.